The number of carbonyl (C=O) groups excluding carboxylic acids is 1. The molecule has 0 spiro atoms. The Bertz CT molecular complexity index is 591. The van der Waals surface area contributed by atoms with E-state index in [4.69, 9.17) is 0 Å². The van der Waals surface area contributed by atoms with E-state index in [1.165, 1.54) is 0 Å². The Hall–Kier alpha value is -2.11. The lowest BCUT2D eigenvalue weighted by atomic mass is 9.82. The van der Waals surface area contributed by atoms with Crippen molar-refractivity contribution in [1.82, 2.24) is 14.7 Å². The minimum atomic E-state index is -0.897. The molecule has 1 aliphatic carbocycles. The lowest BCUT2D eigenvalue weighted by Crippen LogP contribution is -2.39. The summed E-state index contributed by atoms with van der Waals surface area (Å²) in [5.74, 6) is -2.11. The molecule has 0 saturated carbocycles. The Morgan fingerprint density at radius 1 is 1.36 bits per heavy atom. The fourth-order valence-electron chi connectivity index (χ4n) is 2.85. The number of nitrogens with zero attached hydrogens (tertiary/aromatic N) is 3. The van der Waals surface area contributed by atoms with Gasteiger partial charge in [-0.15, -0.1) is 0 Å². The third-order valence-electron chi connectivity index (χ3n) is 4.22. The number of hydrogen-bond donors (Lipinski definition) is 1. The first-order valence-corrected chi connectivity index (χ1v) is 7.59. The molecule has 2 unspecified atom stereocenters. The maximum absolute atomic E-state index is 12.6. The number of hydrogen-bond acceptors (Lipinski definition) is 3. The van der Waals surface area contributed by atoms with Crippen LogP contribution in [0.5, 0.6) is 0 Å². The van der Waals surface area contributed by atoms with Crippen LogP contribution in [-0.2, 0) is 22.7 Å². The van der Waals surface area contributed by atoms with Gasteiger partial charge in [0.05, 0.1) is 17.5 Å². The van der Waals surface area contributed by atoms with E-state index < -0.39 is 17.8 Å². The summed E-state index contributed by atoms with van der Waals surface area (Å²) in [6.07, 6.45) is 6.60. The molecule has 0 bridgehead atoms. The summed E-state index contributed by atoms with van der Waals surface area (Å²) in [5.41, 5.74) is 1.90. The third kappa shape index (κ3) is 3.37. The third-order valence-corrected chi connectivity index (χ3v) is 4.22. The molecule has 22 heavy (non-hydrogen) atoms. The van der Waals surface area contributed by atoms with Crippen molar-refractivity contribution in [2.75, 3.05) is 7.05 Å². The van der Waals surface area contributed by atoms with Crippen LogP contribution in [0.4, 0.5) is 0 Å². The zero-order valence-electron chi connectivity index (χ0n) is 13.3. The van der Waals surface area contributed by atoms with E-state index >= 15 is 0 Å². The molecule has 6 heteroatoms. The number of carboxylic acid groups (broad SMARTS) is 1. The molecule has 120 valence electrons. The number of aryl methyl sites for hydroxylation is 2. The molecule has 1 aliphatic rings. The van der Waals surface area contributed by atoms with E-state index in [-0.39, 0.29) is 5.91 Å². The van der Waals surface area contributed by atoms with Crippen LogP contribution in [-0.4, -0.2) is 38.7 Å². The van der Waals surface area contributed by atoms with E-state index in [1.807, 2.05) is 36.9 Å². The molecule has 1 N–H and O–H groups in total. The van der Waals surface area contributed by atoms with Crippen molar-refractivity contribution >= 4 is 11.9 Å². The molecular weight excluding hydrogens is 282 g/mol. The Balaban J connectivity index is 2.09. The summed E-state index contributed by atoms with van der Waals surface area (Å²) in [6, 6.07) is 0. The standard InChI is InChI=1S/C16H23N3O3/c1-4-19-10-12(11(2)17-19)9-18(3)15(20)13-7-5-6-8-14(13)16(21)22/h5-6,10,13-14H,4,7-9H2,1-3H3,(H,21,22). The summed E-state index contributed by atoms with van der Waals surface area (Å²) < 4.78 is 1.84. The van der Waals surface area contributed by atoms with Crippen LogP contribution in [0.15, 0.2) is 18.3 Å². The highest BCUT2D eigenvalue weighted by Crippen LogP contribution is 2.28. The quantitative estimate of drug-likeness (QED) is 0.842. The first-order chi connectivity index (χ1) is 10.4. The van der Waals surface area contributed by atoms with Crippen molar-refractivity contribution in [1.29, 1.82) is 0 Å². The fraction of sp³-hybridized carbons (Fsp3) is 0.562. The van der Waals surface area contributed by atoms with Crippen LogP contribution < -0.4 is 0 Å². The number of carbonyl (C=O) groups is 2. The average Bonchev–Trinajstić information content (AvgIpc) is 2.86. The highest BCUT2D eigenvalue weighted by Gasteiger charge is 2.35. The van der Waals surface area contributed by atoms with Gasteiger partial charge in [0.2, 0.25) is 5.91 Å². The van der Waals surface area contributed by atoms with Crippen molar-refractivity contribution in [3.8, 4) is 0 Å². The average molecular weight is 305 g/mol. The van der Waals surface area contributed by atoms with Gasteiger partial charge in [-0.1, -0.05) is 12.2 Å². The summed E-state index contributed by atoms with van der Waals surface area (Å²) in [5, 5.41) is 13.7. The van der Waals surface area contributed by atoms with Crippen LogP contribution in [0, 0.1) is 18.8 Å². The van der Waals surface area contributed by atoms with Gasteiger partial charge < -0.3 is 10.0 Å². The van der Waals surface area contributed by atoms with E-state index in [1.54, 1.807) is 11.9 Å². The van der Waals surface area contributed by atoms with Crippen molar-refractivity contribution in [3.05, 3.63) is 29.6 Å². The molecule has 0 fully saturated rings. The van der Waals surface area contributed by atoms with Crippen molar-refractivity contribution < 1.29 is 14.7 Å². The molecule has 6 nitrogen and oxygen atoms in total. The SMILES string of the molecule is CCn1cc(CN(C)C(=O)C2CC=CCC2C(=O)O)c(C)n1. The number of amides is 1. The molecule has 1 aromatic rings. The largest absolute Gasteiger partial charge is 0.481 e. The van der Waals surface area contributed by atoms with Gasteiger partial charge in [0.1, 0.15) is 0 Å². The maximum atomic E-state index is 12.6. The summed E-state index contributed by atoms with van der Waals surface area (Å²) >= 11 is 0. The van der Waals surface area contributed by atoms with Gasteiger partial charge in [-0.3, -0.25) is 14.3 Å². The van der Waals surface area contributed by atoms with E-state index in [2.05, 4.69) is 5.10 Å². The number of allylic oxidation sites excluding steroid dienone is 2. The Labute approximate surface area is 130 Å². The molecule has 0 saturated heterocycles. The van der Waals surface area contributed by atoms with Gasteiger partial charge in [0, 0.05) is 31.9 Å². The molecular formula is C16H23N3O3. The van der Waals surface area contributed by atoms with Gasteiger partial charge in [-0.2, -0.15) is 5.10 Å². The first-order valence-electron chi connectivity index (χ1n) is 7.59. The van der Waals surface area contributed by atoms with E-state index in [0.717, 1.165) is 17.8 Å². The lowest BCUT2D eigenvalue weighted by molar-refractivity contribution is -0.150. The van der Waals surface area contributed by atoms with Crippen LogP contribution in [0.3, 0.4) is 0 Å². The normalized spacial score (nSPS) is 20.9. The molecule has 0 aliphatic heterocycles. The van der Waals surface area contributed by atoms with Crippen molar-refractivity contribution in [3.63, 3.8) is 0 Å². The summed E-state index contributed by atoms with van der Waals surface area (Å²) in [7, 11) is 1.72. The molecule has 1 heterocycles. The molecule has 2 rings (SSSR count). The number of carboxylic acids is 1. The monoisotopic (exact) mass is 305 g/mol. The molecule has 2 atom stereocenters. The van der Waals surface area contributed by atoms with Crippen LogP contribution in [0.1, 0.15) is 31.0 Å². The number of rotatable bonds is 5. The van der Waals surface area contributed by atoms with Gasteiger partial charge in [0.25, 0.3) is 0 Å². The van der Waals surface area contributed by atoms with Gasteiger partial charge >= 0.3 is 5.97 Å². The predicted molar refractivity (Wildman–Crippen MR) is 82.1 cm³/mol. The first kappa shape index (κ1) is 16.3. The number of aromatic nitrogens is 2. The molecule has 1 amide bonds. The molecule has 0 aromatic carbocycles. The Kier molecular flexibility index (Phi) is 5.00. The summed E-state index contributed by atoms with van der Waals surface area (Å²) in [6.45, 7) is 5.17. The van der Waals surface area contributed by atoms with Crippen LogP contribution >= 0.6 is 0 Å². The van der Waals surface area contributed by atoms with Crippen molar-refractivity contribution in [2.45, 2.75) is 39.8 Å². The van der Waals surface area contributed by atoms with Crippen molar-refractivity contribution in [2.24, 2.45) is 11.8 Å². The van der Waals surface area contributed by atoms with Crippen LogP contribution in [0.25, 0.3) is 0 Å². The maximum Gasteiger partial charge on any atom is 0.307 e. The second kappa shape index (κ2) is 6.77. The van der Waals surface area contributed by atoms with Gasteiger partial charge in [-0.25, -0.2) is 0 Å². The smallest absolute Gasteiger partial charge is 0.307 e. The Morgan fingerprint density at radius 3 is 2.55 bits per heavy atom. The Morgan fingerprint density at radius 2 is 2.00 bits per heavy atom. The van der Waals surface area contributed by atoms with E-state index in [0.29, 0.717) is 19.4 Å². The second-order valence-electron chi connectivity index (χ2n) is 5.78. The van der Waals surface area contributed by atoms with Gasteiger partial charge in [0.15, 0.2) is 0 Å². The topological polar surface area (TPSA) is 75.4 Å². The predicted octanol–water partition coefficient (Wildman–Crippen LogP) is 1.84. The highest BCUT2D eigenvalue weighted by atomic mass is 16.4. The fourth-order valence-corrected chi connectivity index (χ4v) is 2.85. The molecule has 0 radical (unpaired) electrons. The number of aliphatic carboxylic acids is 1. The summed E-state index contributed by atoms with van der Waals surface area (Å²) in [4.78, 5) is 25.5. The lowest BCUT2D eigenvalue weighted by Gasteiger charge is -2.28. The molecule has 1 aromatic heterocycles. The minimum Gasteiger partial charge on any atom is -0.481 e. The second-order valence-corrected chi connectivity index (χ2v) is 5.78. The minimum absolute atomic E-state index is 0.111. The van der Waals surface area contributed by atoms with E-state index in [9.17, 15) is 14.7 Å². The van der Waals surface area contributed by atoms with Crippen LogP contribution in [0.2, 0.25) is 0 Å². The zero-order chi connectivity index (χ0) is 16.3. The highest BCUT2D eigenvalue weighted by molar-refractivity contribution is 5.85. The zero-order valence-corrected chi connectivity index (χ0v) is 13.3. The van der Waals surface area contributed by atoms with Gasteiger partial charge in [-0.05, 0) is 26.7 Å².